The molecule has 1 aromatic heterocycles. The molecule has 1 atom stereocenters. The molecule has 6 nitrogen and oxygen atoms in total. The first-order valence-electron chi connectivity index (χ1n) is 9.57. The summed E-state index contributed by atoms with van der Waals surface area (Å²) in [7, 11) is 0. The van der Waals surface area contributed by atoms with Gasteiger partial charge in [-0.1, -0.05) is 12.1 Å². The Morgan fingerprint density at radius 2 is 2.04 bits per heavy atom. The van der Waals surface area contributed by atoms with E-state index in [9.17, 15) is 9.59 Å². The predicted octanol–water partition coefficient (Wildman–Crippen LogP) is 3.41. The number of amides is 1. The number of hydrogen-bond acceptors (Lipinski definition) is 3. The number of aromatic nitrogens is 2. The number of hydrogen-bond donors (Lipinski definition) is 1. The lowest BCUT2D eigenvalue weighted by molar-refractivity contribution is -0.137. The Hall–Kier alpha value is -2.63. The molecule has 144 valence electrons. The number of carboxylic acids is 1. The van der Waals surface area contributed by atoms with E-state index in [1.165, 1.54) is 0 Å². The number of benzene rings is 1. The number of carboxylic acid groups (broad SMARTS) is 1. The fraction of sp³-hybridized carbons (Fsp3) is 0.476. The van der Waals surface area contributed by atoms with Crippen molar-refractivity contribution in [1.29, 1.82) is 0 Å². The van der Waals surface area contributed by atoms with Gasteiger partial charge in [0.1, 0.15) is 0 Å². The van der Waals surface area contributed by atoms with E-state index in [4.69, 9.17) is 5.11 Å². The SMILES string of the molecule is Cc1cc(C)n(Cc2cccc(C(=O)N3CCCC[C@@H]3CCC(=O)O)c2)n1. The molecular weight excluding hydrogens is 342 g/mol. The lowest BCUT2D eigenvalue weighted by Crippen LogP contribution is -2.44. The summed E-state index contributed by atoms with van der Waals surface area (Å²) in [5.74, 6) is -0.805. The van der Waals surface area contributed by atoms with Crippen molar-refractivity contribution in [2.45, 2.75) is 58.5 Å². The molecule has 1 saturated heterocycles. The van der Waals surface area contributed by atoms with E-state index in [-0.39, 0.29) is 18.4 Å². The van der Waals surface area contributed by atoms with Gasteiger partial charge in [0.05, 0.1) is 12.2 Å². The van der Waals surface area contributed by atoms with Crippen LogP contribution in [0.25, 0.3) is 0 Å². The van der Waals surface area contributed by atoms with Crippen molar-refractivity contribution in [3.8, 4) is 0 Å². The van der Waals surface area contributed by atoms with E-state index in [2.05, 4.69) is 5.10 Å². The lowest BCUT2D eigenvalue weighted by atomic mass is 9.96. The predicted molar refractivity (Wildman–Crippen MR) is 103 cm³/mol. The molecule has 1 amide bonds. The molecule has 0 saturated carbocycles. The topological polar surface area (TPSA) is 75.4 Å². The molecule has 3 rings (SSSR count). The van der Waals surface area contributed by atoms with Crippen LogP contribution in [0, 0.1) is 13.8 Å². The summed E-state index contributed by atoms with van der Waals surface area (Å²) >= 11 is 0. The Balaban J connectivity index is 1.75. The van der Waals surface area contributed by atoms with Gasteiger partial charge in [0.15, 0.2) is 0 Å². The molecule has 2 aromatic rings. The van der Waals surface area contributed by atoms with Gasteiger partial charge in [0, 0.05) is 30.3 Å². The van der Waals surface area contributed by atoms with Crippen molar-refractivity contribution >= 4 is 11.9 Å². The number of likely N-dealkylation sites (tertiary alicyclic amines) is 1. The highest BCUT2D eigenvalue weighted by Crippen LogP contribution is 2.23. The molecule has 1 aliphatic heterocycles. The Labute approximate surface area is 159 Å². The van der Waals surface area contributed by atoms with Gasteiger partial charge in [-0.3, -0.25) is 14.3 Å². The molecule has 0 radical (unpaired) electrons. The van der Waals surface area contributed by atoms with Crippen molar-refractivity contribution in [2.24, 2.45) is 0 Å². The summed E-state index contributed by atoms with van der Waals surface area (Å²) in [6, 6.07) is 9.74. The monoisotopic (exact) mass is 369 g/mol. The number of aliphatic carboxylic acids is 1. The highest BCUT2D eigenvalue weighted by Gasteiger charge is 2.27. The van der Waals surface area contributed by atoms with Crippen molar-refractivity contribution in [2.75, 3.05) is 6.54 Å². The standard InChI is InChI=1S/C21H27N3O3/c1-15-12-16(2)24(22-15)14-17-6-5-7-18(13-17)21(27)23-11-4-3-8-19(23)9-10-20(25)26/h5-7,12-13,19H,3-4,8-11,14H2,1-2H3,(H,25,26)/t19-/m1/s1. The van der Waals surface area contributed by atoms with Gasteiger partial charge in [0.2, 0.25) is 0 Å². The Bertz CT molecular complexity index is 828. The number of piperidine rings is 1. The number of aryl methyl sites for hydroxylation is 2. The maximum atomic E-state index is 13.1. The molecule has 1 N–H and O–H groups in total. The molecule has 0 spiro atoms. The van der Waals surface area contributed by atoms with Crippen LogP contribution < -0.4 is 0 Å². The lowest BCUT2D eigenvalue weighted by Gasteiger charge is -2.35. The van der Waals surface area contributed by atoms with Gasteiger partial charge >= 0.3 is 5.97 Å². The summed E-state index contributed by atoms with van der Waals surface area (Å²) in [5, 5.41) is 13.5. The van der Waals surface area contributed by atoms with E-state index in [0.717, 1.165) is 36.2 Å². The number of rotatable bonds is 6. The zero-order valence-electron chi connectivity index (χ0n) is 16.0. The van der Waals surface area contributed by atoms with Crippen LogP contribution in [0.5, 0.6) is 0 Å². The average Bonchev–Trinajstić information content (AvgIpc) is 2.96. The smallest absolute Gasteiger partial charge is 0.303 e. The van der Waals surface area contributed by atoms with Crippen LogP contribution in [-0.2, 0) is 11.3 Å². The number of nitrogens with zero attached hydrogens (tertiary/aromatic N) is 3. The normalized spacial score (nSPS) is 17.1. The summed E-state index contributed by atoms with van der Waals surface area (Å²) in [6.45, 7) is 5.32. The van der Waals surface area contributed by atoms with Gasteiger partial charge in [-0.25, -0.2) is 0 Å². The molecule has 1 aromatic carbocycles. The van der Waals surface area contributed by atoms with Gasteiger partial charge in [-0.15, -0.1) is 0 Å². The highest BCUT2D eigenvalue weighted by atomic mass is 16.4. The van der Waals surface area contributed by atoms with E-state index in [0.29, 0.717) is 25.1 Å². The van der Waals surface area contributed by atoms with Crippen LogP contribution in [0.1, 0.15) is 59.4 Å². The largest absolute Gasteiger partial charge is 0.481 e. The summed E-state index contributed by atoms with van der Waals surface area (Å²) < 4.78 is 1.94. The van der Waals surface area contributed by atoms with Crippen LogP contribution in [0.2, 0.25) is 0 Å². The van der Waals surface area contributed by atoms with Crippen molar-refractivity contribution in [1.82, 2.24) is 14.7 Å². The number of carbonyl (C=O) groups is 2. The fourth-order valence-corrected chi connectivity index (χ4v) is 3.83. The van der Waals surface area contributed by atoms with Gasteiger partial charge in [0.25, 0.3) is 5.91 Å². The summed E-state index contributed by atoms with van der Waals surface area (Å²) in [4.78, 5) is 25.9. The van der Waals surface area contributed by atoms with Crippen LogP contribution in [0.4, 0.5) is 0 Å². The molecule has 1 fully saturated rings. The first kappa shape index (κ1) is 19.1. The van der Waals surface area contributed by atoms with Crippen LogP contribution >= 0.6 is 0 Å². The van der Waals surface area contributed by atoms with E-state index in [1.54, 1.807) is 0 Å². The van der Waals surface area contributed by atoms with Crippen LogP contribution in [0.15, 0.2) is 30.3 Å². The Morgan fingerprint density at radius 1 is 1.22 bits per heavy atom. The number of carbonyl (C=O) groups excluding carboxylic acids is 1. The van der Waals surface area contributed by atoms with Gasteiger partial charge in [-0.05, 0) is 63.3 Å². The van der Waals surface area contributed by atoms with E-state index < -0.39 is 5.97 Å². The van der Waals surface area contributed by atoms with E-state index >= 15 is 0 Å². The van der Waals surface area contributed by atoms with Gasteiger partial charge < -0.3 is 10.0 Å². The molecular formula is C21H27N3O3. The molecule has 1 aliphatic rings. The minimum absolute atomic E-state index is 0.000284. The third-order valence-electron chi connectivity index (χ3n) is 5.19. The third kappa shape index (κ3) is 4.76. The van der Waals surface area contributed by atoms with Crippen molar-refractivity contribution in [3.05, 3.63) is 52.8 Å². The van der Waals surface area contributed by atoms with Gasteiger partial charge in [-0.2, -0.15) is 5.10 Å². The maximum absolute atomic E-state index is 13.1. The van der Waals surface area contributed by atoms with Crippen molar-refractivity contribution in [3.63, 3.8) is 0 Å². The minimum atomic E-state index is -0.806. The molecule has 6 heteroatoms. The van der Waals surface area contributed by atoms with Crippen molar-refractivity contribution < 1.29 is 14.7 Å². The van der Waals surface area contributed by atoms with Crippen LogP contribution in [-0.4, -0.2) is 44.3 Å². The third-order valence-corrected chi connectivity index (χ3v) is 5.19. The summed E-state index contributed by atoms with van der Waals surface area (Å²) in [5.41, 5.74) is 3.77. The Morgan fingerprint density at radius 3 is 2.74 bits per heavy atom. The second-order valence-electron chi connectivity index (χ2n) is 7.37. The quantitative estimate of drug-likeness (QED) is 0.847. The minimum Gasteiger partial charge on any atom is -0.481 e. The first-order valence-corrected chi connectivity index (χ1v) is 9.57. The van der Waals surface area contributed by atoms with Crippen LogP contribution in [0.3, 0.4) is 0 Å². The molecule has 0 aliphatic carbocycles. The second kappa shape index (κ2) is 8.37. The van der Waals surface area contributed by atoms with E-state index in [1.807, 2.05) is 53.8 Å². The molecule has 0 bridgehead atoms. The Kier molecular flexibility index (Phi) is 5.94. The molecule has 2 heterocycles. The second-order valence-corrected chi connectivity index (χ2v) is 7.37. The first-order chi connectivity index (χ1) is 12.9. The maximum Gasteiger partial charge on any atom is 0.303 e. The average molecular weight is 369 g/mol. The fourth-order valence-electron chi connectivity index (χ4n) is 3.83. The summed E-state index contributed by atoms with van der Waals surface area (Å²) in [6.07, 6.45) is 3.52. The highest BCUT2D eigenvalue weighted by molar-refractivity contribution is 5.94. The zero-order valence-corrected chi connectivity index (χ0v) is 16.0. The molecule has 27 heavy (non-hydrogen) atoms. The zero-order chi connectivity index (χ0) is 19.4. The molecule has 0 unspecified atom stereocenters.